The van der Waals surface area contributed by atoms with Crippen LogP contribution in [-0.4, -0.2) is 47.2 Å². The Morgan fingerprint density at radius 1 is 1.12 bits per heavy atom. The van der Waals surface area contributed by atoms with Crippen molar-refractivity contribution in [1.82, 2.24) is 4.90 Å². The number of rotatable bonds is 7. The molecular weight excluding hydrogens is 306 g/mol. The number of nitrogens with zero attached hydrogens (tertiary/aromatic N) is 1. The summed E-state index contributed by atoms with van der Waals surface area (Å²) in [5.41, 5.74) is -0.0148. The molecule has 1 N–H and O–H groups in total. The van der Waals surface area contributed by atoms with E-state index in [1.165, 1.54) is 0 Å². The first-order valence-electron chi connectivity index (χ1n) is 9.47. The van der Waals surface area contributed by atoms with Gasteiger partial charge in [0.2, 0.25) is 5.91 Å². The van der Waals surface area contributed by atoms with E-state index in [-0.39, 0.29) is 35.3 Å². The average Bonchev–Trinajstić information content (AvgIpc) is 2.56. The third-order valence-corrected chi connectivity index (χ3v) is 6.04. The van der Waals surface area contributed by atoms with Gasteiger partial charge in [-0.25, -0.2) is 0 Å². The van der Waals surface area contributed by atoms with Gasteiger partial charge in [0.05, 0.1) is 12.0 Å². The van der Waals surface area contributed by atoms with E-state index in [2.05, 4.69) is 25.7 Å². The quantitative estimate of drug-likeness (QED) is 0.772. The molecule has 2 aliphatic carbocycles. The Morgan fingerprint density at radius 3 is 2.17 bits per heavy atom. The molecule has 138 valence electrons. The number of aliphatic carboxylic acids is 1. The van der Waals surface area contributed by atoms with Gasteiger partial charge in [-0.05, 0) is 45.4 Å². The van der Waals surface area contributed by atoms with E-state index in [9.17, 15) is 9.59 Å². The predicted octanol–water partition coefficient (Wildman–Crippen LogP) is 3.32. The Labute approximate surface area is 145 Å². The van der Waals surface area contributed by atoms with Crippen LogP contribution in [0.2, 0.25) is 0 Å². The molecule has 0 bridgehead atoms. The molecule has 2 saturated carbocycles. The Bertz CT molecular complexity index is 454. The SMILES string of the molecule is CCCN(C(=O)C1CCC(C(=O)O)CC1)C1CC(OCC)C1(C)C. The summed E-state index contributed by atoms with van der Waals surface area (Å²) in [6, 6.07) is 0.235. The van der Waals surface area contributed by atoms with E-state index < -0.39 is 5.97 Å². The van der Waals surface area contributed by atoms with Crippen LogP contribution >= 0.6 is 0 Å². The Kier molecular flexibility index (Phi) is 6.29. The van der Waals surface area contributed by atoms with Crippen molar-refractivity contribution in [3.05, 3.63) is 0 Å². The van der Waals surface area contributed by atoms with E-state index in [0.29, 0.717) is 32.3 Å². The summed E-state index contributed by atoms with van der Waals surface area (Å²) in [6.45, 7) is 10.00. The number of amides is 1. The molecule has 5 nitrogen and oxygen atoms in total. The molecule has 0 aliphatic heterocycles. The molecular formula is C19H33NO4. The molecule has 0 spiro atoms. The minimum atomic E-state index is -0.717. The lowest BCUT2D eigenvalue weighted by molar-refractivity contribution is -0.171. The first kappa shape index (κ1) is 19.2. The number of carbonyl (C=O) groups is 2. The van der Waals surface area contributed by atoms with Gasteiger partial charge in [-0.1, -0.05) is 20.8 Å². The molecule has 2 fully saturated rings. The van der Waals surface area contributed by atoms with Gasteiger partial charge in [-0.15, -0.1) is 0 Å². The molecule has 0 radical (unpaired) electrons. The van der Waals surface area contributed by atoms with Crippen LogP contribution in [0, 0.1) is 17.3 Å². The molecule has 2 aliphatic rings. The van der Waals surface area contributed by atoms with Gasteiger partial charge in [-0.2, -0.15) is 0 Å². The van der Waals surface area contributed by atoms with Gasteiger partial charge in [0, 0.05) is 30.5 Å². The van der Waals surface area contributed by atoms with E-state index >= 15 is 0 Å². The fourth-order valence-corrected chi connectivity index (χ4v) is 4.36. The first-order valence-corrected chi connectivity index (χ1v) is 9.47. The largest absolute Gasteiger partial charge is 0.481 e. The van der Waals surface area contributed by atoms with Crippen molar-refractivity contribution < 1.29 is 19.4 Å². The molecule has 2 atom stereocenters. The molecule has 0 aromatic rings. The number of carbonyl (C=O) groups excluding carboxylic acids is 1. The second-order valence-corrected chi connectivity index (χ2v) is 7.94. The van der Waals surface area contributed by atoms with E-state index in [4.69, 9.17) is 9.84 Å². The lowest BCUT2D eigenvalue weighted by atomic mass is 9.63. The summed E-state index contributed by atoms with van der Waals surface area (Å²) < 4.78 is 5.81. The fraction of sp³-hybridized carbons (Fsp3) is 0.895. The average molecular weight is 339 g/mol. The van der Waals surface area contributed by atoms with Gasteiger partial charge < -0.3 is 14.7 Å². The molecule has 0 aromatic heterocycles. The van der Waals surface area contributed by atoms with Gasteiger partial charge in [0.15, 0.2) is 0 Å². The van der Waals surface area contributed by atoms with E-state index in [0.717, 1.165) is 19.4 Å². The van der Waals surface area contributed by atoms with Crippen LogP contribution in [0.15, 0.2) is 0 Å². The van der Waals surface area contributed by atoms with Crippen LogP contribution in [0.3, 0.4) is 0 Å². The highest BCUT2D eigenvalue weighted by molar-refractivity contribution is 5.80. The second-order valence-electron chi connectivity index (χ2n) is 7.94. The Morgan fingerprint density at radius 2 is 1.71 bits per heavy atom. The summed E-state index contributed by atoms with van der Waals surface area (Å²) in [5.74, 6) is -0.759. The number of ether oxygens (including phenoxy) is 1. The van der Waals surface area contributed by atoms with Gasteiger partial charge in [-0.3, -0.25) is 9.59 Å². The van der Waals surface area contributed by atoms with Crippen LogP contribution in [-0.2, 0) is 14.3 Å². The highest BCUT2D eigenvalue weighted by Crippen LogP contribution is 2.46. The highest BCUT2D eigenvalue weighted by Gasteiger charge is 2.53. The van der Waals surface area contributed by atoms with Gasteiger partial charge in [0.25, 0.3) is 0 Å². The standard InChI is InChI=1S/C19H33NO4/c1-5-11-20(15-12-16(24-6-2)19(15,3)4)17(21)13-7-9-14(10-8-13)18(22)23/h13-16H,5-12H2,1-4H3,(H,22,23). The van der Waals surface area contributed by atoms with Crippen LogP contribution < -0.4 is 0 Å². The van der Waals surface area contributed by atoms with Crippen LogP contribution in [0.1, 0.15) is 66.2 Å². The molecule has 24 heavy (non-hydrogen) atoms. The fourth-order valence-electron chi connectivity index (χ4n) is 4.36. The summed E-state index contributed by atoms with van der Waals surface area (Å²) in [6.07, 6.45) is 4.75. The first-order chi connectivity index (χ1) is 11.3. The number of hydrogen-bond donors (Lipinski definition) is 1. The molecule has 2 rings (SSSR count). The van der Waals surface area contributed by atoms with E-state index in [1.54, 1.807) is 0 Å². The maximum atomic E-state index is 13.1. The summed E-state index contributed by atoms with van der Waals surface area (Å²) >= 11 is 0. The zero-order valence-electron chi connectivity index (χ0n) is 15.6. The van der Waals surface area contributed by atoms with Crippen molar-refractivity contribution in [3.8, 4) is 0 Å². The molecule has 5 heteroatoms. The minimum absolute atomic E-state index is 0.00547. The van der Waals surface area contributed by atoms with Gasteiger partial charge >= 0.3 is 5.97 Å². The number of carboxylic acids is 1. The molecule has 0 heterocycles. The summed E-state index contributed by atoms with van der Waals surface area (Å²) in [4.78, 5) is 26.3. The molecule has 0 saturated heterocycles. The normalized spacial score (nSPS) is 32.0. The van der Waals surface area contributed by atoms with Crippen molar-refractivity contribution in [2.45, 2.75) is 78.4 Å². The predicted molar refractivity (Wildman–Crippen MR) is 92.7 cm³/mol. The van der Waals surface area contributed by atoms with E-state index in [1.807, 2.05) is 6.92 Å². The van der Waals surface area contributed by atoms with Crippen molar-refractivity contribution in [2.24, 2.45) is 17.3 Å². The maximum absolute atomic E-state index is 13.1. The van der Waals surface area contributed by atoms with Crippen LogP contribution in [0.25, 0.3) is 0 Å². The lowest BCUT2D eigenvalue weighted by Crippen LogP contribution is -2.64. The topological polar surface area (TPSA) is 66.8 Å². The molecule has 1 amide bonds. The highest BCUT2D eigenvalue weighted by atomic mass is 16.5. The smallest absolute Gasteiger partial charge is 0.306 e. The minimum Gasteiger partial charge on any atom is -0.481 e. The Hall–Kier alpha value is -1.10. The third-order valence-electron chi connectivity index (χ3n) is 6.04. The lowest BCUT2D eigenvalue weighted by Gasteiger charge is -2.56. The Balaban J connectivity index is 2.01. The van der Waals surface area contributed by atoms with Crippen molar-refractivity contribution in [3.63, 3.8) is 0 Å². The zero-order valence-corrected chi connectivity index (χ0v) is 15.6. The third kappa shape index (κ3) is 3.76. The molecule has 2 unspecified atom stereocenters. The van der Waals surface area contributed by atoms with Gasteiger partial charge in [0.1, 0.15) is 0 Å². The summed E-state index contributed by atoms with van der Waals surface area (Å²) in [7, 11) is 0. The van der Waals surface area contributed by atoms with Crippen LogP contribution in [0.5, 0.6) is 0 Å². The number of hydrogen-bond acceptors (Lipinski definition) is 3. The number of carboxylic acid groups (broad SMARTS) is 1. The monoisotopic (exact) mass is 339 g/mol. The summed E-state index contributed by atoms with van der Waals surface area (Å²) in [5, 5.41) is 9.13. The van der Waals surface area contributed by atoms with Crippen LogP contribution in [0.4, 0.5) is 0 Å². The van der Waals surface area contributed by atoms with Crippen molar-refractivity contribution in [2.75, 3.05) is 13.2 Å². The maximum Gasteiger partial charge on any atom is 0.306 e. The molecule has 0 aromatic carbocycles. The van der Waals surface area contributed by atoms with Crippen molar-refractivity contribution >= 4 is 11.9 Å². The second kappa shape index (κ2) is 7.85. The van der Waals surface area contributed by atoms with Crippen molar-refractivity contribution in [1.29, 1.82) is 0 Å². The zero-order chi connectivity index (χ0) is 17.9.